The maximum Gasteiger partial charge on any atom is 0.223 e. The smallest absolute Gasteiger partial charge is 0.223 e. The van der Waals surface area contributed by atoms with Gasteiger partial charge in [0.05, 0.1) is 5.69 Å². The summed E-state index contributed by atoms with van der Waals surface area (Å²) >= 11 is 0. The van der Waals surface area contributed by atoms with Crippen LogP contribution in [0.4, 0.5) is 5.69 Å². The molecule has 7 heteroatoms. The molecule has 3 aromatic carbocycles. The van der Waals surface area contributed by atoms with E-state index in [0.29, 0.717) is 13.1 Å². The zero-order valence-electron chi connectivity index (χ0n) is 21.0. The average molecular weight is 500 g/mol. The highest BCUT2D eigenvalue weighted by atomic mass is 16.5. The Kier molecular flexibility index (Phi) is 7.30. The summed E-state index contributed by atoms with van der Waals surface area (Å²) in [5, 5.41) is 0. The molecule has 2 heterocycles. The monoisotopic (exact) mass is 499 g/mol. The maximum atomic E-state index is 12.5. The number of primary amides is 1. The highest BCUT2D eigenvalue weighted by Gasteiger charge is 2.40. The molecule has 2 amide bonds. The first-order chi connectivity index (χ1) is 18.0. The maximum absolute atomic E-state index is 12.5. The van der Waals surface area contributed by atoms with E-state index in [0.717, 1.165) is 55.3 Å². The Morgan fingerprint density at radius 1 is 0.811 bits per heavy atom. The summed E-state index contributed by atoms with van der Waals surface area (Å²) in [6.07, 6.45) is 2.68. The Morgan fingerprint density at radius 2 is 1.46 bits per heavy atom. The zero-order valence-corrected chi connectivity index (χ0v) is 21.0. The zero-order chi connectivity index (χ0) is 25.7. The Balaban J connectivity index is 1.25. The summed E-state index contributed by atoms with van der Waals surface area (Å²) in [7, 11) is 0. The minimum Gasteiger partial charge on any atom is -0.485 e. The van der Waals surface area contributed by atoms with Gasteiger partial charge in [-0.15, -0.1) is 0 Å². The summed E-state index contributed by atoms with van der Waals surface area (Å²) in [6, 6.07) is 26.2. The minimum absolute atomic E-state index is 0.0102. The van der Waals surface area contributed by atoms with Gasteiger partial charge < -0.3 is 25.0 Å². The van der Waals surface area contributed by atoms with E-state index in [-0.39, 0.29) is 24.3 Å². The van der Waals surface area contributed by atoms with Gasteiger partial charge in [-0.25, -0.2) is 0 Å². The number of rotatable bonds is 7. The van der Waals surface area contributed by atoms with Crippen LogP contribution in [0.3, 0.4) is 0 Å². The fourth-order valence-corrected chi connectivity index (χ4v) is 5.12. The van der Waals surface area contributed by atoms with E-state index >= 15 is 0 Å². The lowest BCUT2D eigenvalue weighted by Crippen LogP contribution is -2.50. The second kappa shape index (κ2) is 10.9. The summed E-state index contributed by atoms with van der Waals surface area (Å²) in [5.41, 5.74) is 7.19. The van der Waals surface area contributed by atoms with Crippen molar-refractivity contribution in [2.24, 2.45) is 5.73 Å². The third-order valence-corrected chi connectivity index (χ3v) is 7.26. The molecule has 0 radical (unpaired) electrons. The second-order valence-electron chi connectivity index (χ2n) is 9.83. The number of anilines is 1. The van der Waals surface area contributed by atoms with Crippen LogP contribution in [0.25, 0.3) is 0 Å². The van der Waals surface area contributed by atoms with Crippen LogP contribution in [0.1, 0.15) is 37.7 Å². The molecule has 0 atom stereocenters. The molecule has 0 unspecified atom stereocenters. The van der Waals surface area contributed by atoms with E-state index in [4.69, 9.17) is 15.2 Å². The number of fused-ring (bicyclic) bond motifs is 1. The number of carbonyl (C=O) groups excluding carboxylic acids is 2. The van der Waals surface area contributed by atoms with E-state index in [1.165, 1.54) is 5.56 Å². The number of hydrogen-bond acceptors (Lipinski definition) is 5. The van der Waals surface area contributed by atoms with Crippen LogP contribution in [0.5, 0.6) is 17.2 Å². The van der Waals surface area contributed by atoms with Crippen LogP contribution in [-0.4, -0.2) is 41.9 Å². The highest BCUT2D eigenvalue weighted by Crippen LogP contribution is 2.41. The molecule has 3 aromatic rings. The average Bonchev–Trinajstić information content (AvgIpc) is 3.06. The molecule has 0 saturated carbocycles. The lowest BCUT2D eigenvalue weighted by atomic mass is 9.87. The van der Waals surface area contributed by atoms with Gasteiger partial charge in [-0.1, -0.05) is 42.5 Å². The number of hydrogen-bond donors (Lipinski definition) is 1. The molecule has 0 bridgehead atoms. The lowest BCUT2D eigenvalue weighted by Gasteiger charge is -2.41. The van der Waals surface area contributed by atoms with E-state index in [9.17, 15) is 9.59 Å². The van der Waals surface area contributed by atoms with Gasteiger partial charge in [0.2, 0.25) is 11.8 Å². The van der Waals surface area contributed by atoms with Crippen molar-refractivity contribution in [3.05, 3.63) is 84.4 Å². The van der Waals surface area contributed by atoms with Crippen LogP contribution < -0.4 is 20.1 Å². The topological polar surface area (TPSA) is 85.1 Å². The van der Waals surface area contributed by atoms with Gasteiger partial charge in [0, 0.05) is 58.3 Å². The van der Waals surface area contributed by atoms with Crippen LogP contribution >= 0.6 is 0 Å². The predicted octanol–water partition coefficient (Wildman–Crippen LogP) is 4.89. The van der Waals surface area contributed by atoms with Crippen LogP contribution in [0, 0.1) is 0 Å². The SMILES string of the molecule is NC(=O)CCC(=O)N1CCC2(CC1)CCN(Cc1ccc(Oc3ccccc3)cc1)c1ccccc1O2. The number of para-hydroxylation sites is 3. The number of ether oxygens (including phenoxy) is 2. The van der Waals surface area contributed by atoms with Crippen molar-refractivity contribution < 1.29 is 19.1 Å². The third kappa shape index (κ3) is 6.05. The van der Waals surface area contributed by atoms with Crippen molar-refractivity contribution in [2.45, 2.75) is 44.2 Å². The molecule has 192 valence electrons. The van der Waals surface area contributed by atoms with Crippen molar-refractivity contribution in [3.63, 3.8) is 0 Å². The van der Waals surface area contributed by atoms with Gasteiger partial charge in [0.25, 0.3) is 0 Å². The summed E-state index contributed by atoms with van der Waals surface area (Å²) < 4.78 is 12.6. The van der Waals surface area contributed by atoms with E-state index in [2.05, 4.69) is 23.1 Å². The second-order valence-corrected chi connectivity index (χ2v) is 9.83. The number of amides is 2. The summed E-state index contributed by atoms with van der Waals surface area (Å²) in [6.45, 7) is 2.87. The number of nitrogens with zero attached hydrogens (tertiary/aromatic N) is 2. The molecule has 7 nitrogen and oxygen atoms in total. The van der Waals surface area contributed by atoms with Gasteiger partial charge in [0.15, 0.2) is 0 Å². The van der Waals surface area contributed by atoms with Gasteiger partial charge in [0.1, 0.15) is 22.8 Å². The van der Waals surface area contributed by atoms with E-state index in [1.807, 2.05) is 65.6 Å². The van der Waals surface area contributed by atoms with Crippen LogP contribution in [0.15, 0.2) is 78.9 Å². The van der Waals surface area contributed by atoms with Gasteiger partial charge >= 0.3 is 0 Å². The molecule has 1 spiro atoms. The van der Waals surface area contributed by atoms with Gasteiger partial charge in [-0.2, -0.15) is 0 Å². The quantitative estimate of drug-likeness (QED) is 0.500. The predicted molar refractivity (Wildman–Crippen MR) is 143 cm³/mol. The summed E-state index contributed by atoms with van der Waals surface area (Å²) in [5.74, 6) is 2.07. The van der Waals surface area contributed by atoms with Gasteiger partial charge in [-0.05, 0) is 42.0 Å². The van der Waals surface area contributed by atoms with Crippen molar-refractivity contribution in [1.29, 1.82) is 0 Å². The molecule has 37 heavy (non-hydrogen) atoms. The third-order valence-electron chi connectivity index (χ3n) is 7.26. The Bertz CT molecular complexity index is 1220. The van der Waals surface area contributed by atoms with Gasteiger partial charge in [-0.3, -0.25) is 9.59 Å². The van der Waals surface area contributed by atoms with Crippen LogP contribution in [0.2, 0.25) is 0 Å². The molecular weight excluding hydrogens is 466 g/mol. The first kappa shape index (κ1) is 24.7. The van der Waals surface area contributed by atoms with Crippen molar-refractivity contribution in [3.8, 4) is 17.2 Å². The normalized spacial score (nSPS) is 16.4. The molecule has 0 aromatic heterocycles. The van der Waals surface area contributed by atoms with E-state index in [1.54, 1.807) is 0 Å². The Labute approximate surface area is 217 Å². The standard InChI is InChI=1S/C30H33N3O4/c31-28(34)14-15-29(35)32-19-16-30(17-20-32)18-21-33(26-8-4-5-9-27(26)37-30)22-23-10-12-25(13-11-23)36-24-6-2-1-3-7-24/h1-13H,14-22H2,(H2,31,34). The molecule has 1 saturated heterocycles. The number of benzene rings is 3. The van der Waals surface area contributed by atoms with Crippen LogP contribution in [-0.2, 0) is 16.1 Å². The molecule has 2 N–H and O–H groups in total. The molecule has 2 aliphatic rings. The molecule has 2 aliphatic heterocycles. The molecule has 5 rings (SSSR count). The first-order valence-electron chi connectivity index (χ1n) is 12.9. The molecule has 1 fully saturated rings. The van der Waals surface area contributed by atoms with Crippen molar-refractivity contribution in [1.82, 2.24) is 4.90 Å². The number of nitrogens with two attached hydrogens (primary N) is 1. The van der Waals surface area contributed by atoms with Crippen molar-refractivity contribution in [2.75, 3.05) is 24.5 Å². The first-order valence-corrected chi connectivity index (χ1v) is 12.9. The lowest BCUT2D eigenvalue weighted by molar-refractivity contribution is -0.136. The number of likely N-dealkylation sites (tertiary alicyclic amines) is 1. The van der Waals surface area contributed by atoms with Crippen molar-refractivity contribution >= 4 is 17.5 Å². The minimum atomic E-state index is -0.441. The largest absolute Gasteiger partial charge is 0.485 e. The highest BCUT2D eigenvalue weighted by molar-refractivity contribution is 5.83. The molecule has 0 aliphatic carbocycles. The Hall–Kier alpha value is -4.00. The summed E-state index contributed by atoms with van der Waals surface area (Å²) in [4.78, 5) is 27.8. The fourth-order valence-electron chi connectivity index (χ4n) is 5.12. The fraction of sp³-hybridized carbons (Fsp3) is 0.333. The number of piperidine rings is 1. The Morgan fingerprint density at radius 3 is 2.19 bits per heavy atom. The number of carbonyl (C=O) groups is 2. The van der Waals surface area contributed by atoms with E-state index < -0.39 is 5.91 Å². The molecular formula is C30H33N3O4.